The van der Waals surface area contributed by atoms with E-state index in [9.17, 15) is 8.78 Å². The highest BCUT2D eigenvalue weighted by atomic mass is 19.3. The van der Waals surface area contributed by atoms with Crippen LogP contribution in [0.5, 0.6) is 5.75 Å². The van der Waals surface area contributed by atoms with Crippen LogP contribution in [0.2, 0.25) is 0 Å². The first-order valence-electron chi connectivity index (χ1n) is 10.2. The summed E-state index contributed by atoms with van der Waals surface area (Å²) in [5.74, 6) is 1.75. The average Bonchev–Trinajstić information content (AvgIpc) is 2.76. The molecule has 0 bridgehead atoms. The maximum absolute atomic E-state index is 12.7. The van der Waals surface area contributed by atoms with Gasteiger partial charge in [0.2, 0.25) is 0 Å². The van der Waals surface area contributed by atoms with Gasteiger partial charge in [-0.2, -0.15) is 8.78 Å². The van der Waals surface area contributed by atoms with Crippen LogP contribution in [-0.2, 0) is 13.1 Å². The Labute approximate surface area is 176 Å². The molecule has 0 saturated carbocycles. The first-order valence-corrected chi connectivity index (χ1v) is 10.2. The second-order valence-electron chi connectivity index (χ2n) is 7.34. The third-order valence-electron chi connectivity index (χ3n) is 5.05. The molecule has 3 rings (SSSR count). The summed E-state index contributed by atoms with van der Waals surface area (Å²) in [5.41, 5.74) is 2.72. The fraction of sp³-hybridized carbons (Fsp3) is 0.455. The van der Waals surface area contributed by atoms with Crippen LogP contribution in [0.25, 0.3) is 0 Å². The van der Waals surface area contributed by atoms with Gasteiger partial charge < -0.3 is 20.3 Å². The Morgan fingerprint density at radius 2 is 1.90 bits per heavy atom. The van der Waals surface area contributed by atoms with Gasteiger partial charge in [-0.05, 0) is 49.9 Å². The number of nitrogens with one attached hydrogen (secondary N) is 2. The summed E-state index contributed by atoms with van der Waals surface area (Å²) in [6.07, 6.45) is 5.52. The Hall–Kier alpha value is -2.90. The minimum absolute atomic E-state index is 0.166. The zero-order valence-corrected chi connectivity index (χ0v) is 17.5. The molecular formula is C22H29F2N5O. The number of rotatable bonds is 7. The molecule has 1 aliphatic heterocycles. The largest absolute Gasteiger partial charge is 0.434 e. The van der Waals surface area contributed by atoms with Gasteiger partial charge in [-0.25, -0.2) is 4.98 Å². The van der Waals surface area contributed by atoms with Crippen LogP contribution in [0.1, 0.15) is 36.0 Å². The smallest absolute Gasteiger partial charge is 0.387 e. The van der Waals surface area contributed by atoms with Gasteiger partial charge in [-0.1, -0.05) is 17.7 Å². The molecule has 6 nitrogen and oxygen atoms in total. The van der Waals surface area contributed by atoms with Gasteiger partial charge in [0.25, 0.3) is 0 Å². The maximum Gasteiger partial charge on any atom is 0.387 e. The van der Waals surface area contributed by atoms with Gasteiger partial charge >= 0.3 is 6.61 Å². The normalized spacial score (nSPS) is 14.7. The van der Waals surface area contributed by atoms with Gasteiger partial charge in [0.05, 0.1) is 0 Å². The van der Waals surface area contributed by atoms with Crippen molar-refractivity contribution < 1.29 is 13.5 Å². The molecule has 1 aromatic carbocycles. The number of pyridine rings is 1. The van der Waals surface area contributed by atoms with Gasteiger partial charge in [-0.15, -0.1) is 0 Å². The molecular weight excluding hydrogens is 388 g/mol. The topological polar surface area (TPSA) is 61.8 Å². The summed E-state index contributed by atoms with van der Waals surface area (Å²) in [5, 5.41) is 6.43. The molecule has 2 aromatic rings. The third-order valence-corrected chi connectivity index (χ3v) is 5.05. The second-order valence-corrected chi connectivity index (χ2v) is 7.34. The van der Waals surface area contributed by atoms with Crippen molar-refractivity contribution in [1.29, 1.82) is 0 Å². The predicted octanol–water partition coefficient (Wildman–Crippen LogP) is 3.85. The minimum atomic E-state index is -2.86. The number of halogens is 2. The lowest BCUT2D eigenvalue weighted by molar-refractivity contribution is -0.0504. The summed E-state index contributed by atoms with van der Waals surface area (Å²) < 4.78 is 29.9. The summed E-state index contributed by atoms with van der Waals surface area (Å²) >= 11 is 0. The third kappa shape index (κ3) is 6.30. The SMILES string of the molecule is CN=C(NCc1ccnc(N2CCCCC2)c1)NCc1cc(C)ccc1OC(F)F. The number of benzene rings is 1. The quantitative estimate of drug-likeness (QED) is 0.529. The van der Waals surface area contributed by atoms with Gasteiger partial charge in [0, 0.05) is 45.0 Å². The maximum atomic E-state index is 12.7. The summed E-state index contributed by atoms with van der Waals surface area (Å²) in [7, 11) is 1.67. The molecule has 2 N–H and O–H groups in total. The number of aryl methyl sites for hydroxylation is 1. The number of guanidine groups is 1. The molecule has 0 spiro atoms. The summed E-state index contributed by atoms with van der Waals surface area (Å²) in [6, 6.07) is 9.21. The van der Waals surface area contributed by atoms with E-state index in [2.05, 4.69) is 36.3 Å². The first kappa shape index (κ1) is 21.8. The van der Waals surface area contributed by atoms with Crippen LogP contribution in [-0.4, -0.2) is 37.7 Å². The van der Waals surface area contributed by atoms with Crippen molar-refractivity contribution >= 4 is 11.8 Å². The van der Waals surface area contributed by atoms with E-state index in [0.29, 0.717) is 24.6 Å². The Bertz CT molecular complexity index is 853. The molecule has 0 aliphatic carbocycles. The number of alkyl halides is 2. The predicted molar refractivity (Wildman–Crippen MR) is 115 cm³/mol. The summed E-state index contributed by atoms with van der Waals surface area (Å²) in [6.45, 7) is 2.05. The van der Waals surface area contributed by atoms with Crippen LogP contribution < -0.4 is 20.3 Å². The van der Waals surface area contributed by atoms with Crippen molar-refractivity contribution in [1.82, 2.24) is 15.6 Å². The highest BCUT2D eigenvalue weighted by Gasteiger charge is 2.13. The number of nitrogens with zero attached hydrogens (tertiary/aromatic N) is 3. The number of aromatic nitrogens is 1. The Morgan fingerprint density at radius 3 is 2.63 bits per heavy atom. The Morgan fingerprint density at radius 1 is 1.13 bits per heavy atom. The lowest BCUT2D eigenvalue weighted by Crippen LogP contribution is -2.36. The van der Waals surface area contributed by atoms with E-state index in [-0.39, 0.29) is 5.75 Å². The van der Waals surface area contributed by atoms with E-state index >= 15 is 0 Å². The van der Waals surface area contributed by atoms with Crippen molar-refractivity contribution in [3.05, 3.63) is 53.2 Å². The molecule has 0 amide bonds. The van der Waals surface area contributed by atoms with Gasteiger partial charge in [0.15, 0.2) is 5.96 Å². The molecule has 0 radical (unpaired) electrons. The monoisotopic (exact) mass is 417 g/mol. The number of piperidine rings is 1. The minimum Gasteiger partial charge on any atom is -0.434 e. The number of anilines is 1. The molecule has 1 fully saturated rings. The number of aliphatic imine (C=N–C) groups is 1. The summed E-state index contributed by atoms with van der Waals surface area (Å²) in [4.78, 5) is 11.0. The van der Waals surface area contributed by atoms with E-state index < -0.39 is 6.61 Å². The lowest BCUT2D eigenvalue weighted by Gasteiger charge is -2.28. The average molecular weight is 418 g/mol. The molecule has 162 valence electrons. The van der Waals surface area contributed by atoms with Crippen LogP contribution in [0, 0.1) is 6.92 Å². The molecule has 0 atom stereocenters. The van der Waals surface area contributed by atoms with Crippen LogP contribution in [0.3, 0.4) is 0 Å². The zero-order chi connectivity index (χ0) is 21.3. The number of ether oxygens (including phenoxy) is 1. The first-order chi connectivity index (χ1) is 14.5. The van der Waals surface area contributed by atoms with E-state index in [4.69, 9.17) is 0 Å². The van der Waals surface area contributed by atoms with E-state index in [0.717, 1.165) is 30.0 Å². The highest BCUT2D eigenvalue weighted by molar-refractivity contribution is 5.79. The lowest BCUT2D eigenvalue weighted by atomic mass is 10.1. The van der Waals surface area contributed by atoms with Crippen molar-refractivity contribution in [3.8, 4) is 5.75 Å². The van der Waals surface area contributed by atoms with E-state index in [1.54, 1.807) is 19.2 Å². The standard InChI is InChI=1S/C22H29F2N5O/c1-16-6-7-19(30-21(23)24)18(12-16)15-28-22(25-2)27-14-17-8-9-26-20(13-17)29-10-4-3-5-11-29/h6-9,12-13,21H,3-5,10-11,14-15H2,1-2H3,(H2,25,27,28). The fourth-order valence-corrected chi connectivity index (χ4v) is 3.51. The molecule has 1 aliphatic rings. The molecule has 1 aromatic heterocycles. The molecule has 2 heterocycles. The number of hydrogen-bond donors (Lipinski definition) is 2. The van der Waals surface area contributed by atoms with Gasteiger partial charge in [0.1, 0.15) is 11.6 Å². The number of hydrogen-bond acceptors (Lipinski definition) is 4. The Kier molecular flexibility index (Phi) is 7.82. The van der Waals surface area contributed by atoms with E-state index in [1.807, 2.05) is 25.3 Å². The van der Waals surface area contributed by atoms with Crippen molar-refractivity contribution in [2.24, 2.45) is 4.99 Å². The van der Waals surface area contributed by atoms with E-state index in [1.165, 1.54) is 19.3 Å². The molecule has 30 heavy (non-hydrogen) atoms. The molecule has 1 saturated heterocycles. The van der Waals surface area contributed by atoms with Crippen LogP contribution in [0.15, 0.2) is 41.5 Å². The van der Waals surface area contributed by atoms with Crippen LogP contribution in [0.4, 0.5) is 14.6 Å². The molecule has 0 unspecified atom stereocenters. The molecule has 8 heteroatoms. The second kappa shape index (κ2) is 10.8. The van der Waals surface area contributed by atoms with Crippen molar-refractivity contribution in [2.45, 2.75) is 45.9 Å². The Balaban J connectivity index is 1.57. The van der Waals surface area contributed by atoms with Crippen molar-refractivity contribution in [2.75, 3.05) is 25.0 Å². The van der Waals surface area contributed by atoms with Gasteiger partial charge in [-0.3, -0.25) is 4.99 Å². The van der Waals surface area contributed by atoms with Crippen LogP contribution >= 0.6 is 0 Å². The highest BCUT2D eigenvalue weighted by Crippen LogP contribution is 2.22. The fourth-order valence-electron chi connectivity index (χ4n) is 3.51. The zero-order valence-electron chi connectivity index (χ0n) is 17.5. The van der Waals surface area contributed by atoms with Crippen molar-refractivity contribution in [3.63, 3.8) is 0 Å².